The largest absolute Gasteiger partial charge is 0.544 e. The molecule has 51 heavy (non-hydrogen) atoms. The molecule has 0 radical (unpaired) electrons. The van der Waals surface area contributed by atoms with E-state index in [0.29, 0.717) is 6.79 Å². The Kier molecular flexibility index (Phi) is 15.1. The number of fused-ring (bicyclic) bond motifs is 2. The summed E-state index contributed by atoms with van der Waals surface area (Å²) >= 11 is 0. The fraction of sp³-hybridized carbons (Fsp3) is 0.447. The Labute approximate surface area is 312 Å². The average molecular weight is 707 g/mol. The zero-order chi connectivity index (χ0) is 38.0. The predicted octanol–water partition coefficient (Wildman–Crippen LogP) is 13.8. The summed E-state index contributed by atoms with van der Waals surface area (Å²) in [5.41, 5.74) is 13.3. The summed E-state index contributed by atoms with van der Waals surface area (Å²) in [5, 5.41) is 0. The third kappa shape index (κ3) is 12.1. The van der Waals surface area contributed by atoms with E-state index in [2.05, 4.69) is 180 Å². The molecular weight excluding hydrogens is 641 g/mol. The third-order valence-corrected chi connectivity index (χ3v) is 10.8. The highest BCUT2D eigenvalue weighted by Crippen LogP contribution is 2.44. The molecule has 4 rings (SSSR count). The molecule has 4 heteroatoms. The Hall–Kier alpha value is -3.44. The fourth-order valence-corrected chi connectivity index (χ4v) is 7.30. The first-order valence-electron chi connectivity index (χ1n) is 18.7. The van der Waals surface area contributed by atoms with Gasteiger partial charge in [-0.1, -0.05) is 112 Å². The van der Waals surface area contributed by atoms with Crippen molar-refractivity contribution in [2.75, 3.05) is 13.9 Å². The minimum absolute atomic E-state index is 0.122. The lowest BCUT2D eigenvalue weighted by atomic mass is 9.71. The Morgan fingerprint density at radius 2 is 1.33 bits per heavy atom. The summed E-state index contributed by atoms with van der Waals surface area (Å²) in [6, 6.07) is 13.7. The minimum Gasteiger partial charge on any atom is -0.544 e. The van der Waals surface area contributed by atoms with Crippen LogP contribution in [0, 0.1) is 0 Å². The number of rotatable bonds is 11. The SMILES string of the molecule is C/C=C(C)/C=C/C=C(\C)c1ccc2c(c1)C(OCOC)CCC2(C)C.C/C=C(C)/C=C/C=C(\C)c1ccc2c(c1)C(O[Si](C)(C)C)=CCC2(C)C. The lowest BCUT2D eigenvalue weighted by Gasteiger charge is -2.37. The molecule has 3 nitrogen and oxygen atoms in total. The Morgan fingerprint density at radius 1 is 0.784 bits per heavy atom. The van der Waals surface area contributed by atoms with Gasteiger partial charge in [-0.15, -0.1) is 0 Å². The minimum atomic E-state index is -1.64. The maximum absolute atomic E-state index is 6.42. The van der Waals surface area contributed by atoms with E-state index >= 15 is 0 Å². The maximum atomic E-state index is 6.42. The van der Waals surface area contributed by atoms with Gasteiger partial charge in [-0.25, -0.2) is 0 Å². The summed E-state index contributed by atoms with van der Waals surface area (Å²) in [7, 11) is 0.0345. The van der Waals surface area contributed by atoms with E-state index < -0.39 is 8.32 Å². The van der Waals surface area contributed by atoms with E-state index in [1.807, 2.05) is 0 Å². The predicted molar refractivity (Wildman–Crippen MR) is 225 cm³/mol. The van der Waals surface area contributed by atoms with Crippen LogP contribution in [-0.4, -0.2) is 22.2 Å². The molecule has 1 unspecified atom stereocenters. The first kappa shape index (κ1) is 42.0. The van der Waals surface area contributed by atoms with Crippen molar-refractivity contribution >= 4 is 25.2 Å². The quantitative estimate of drug-likeness (QED) is 0.132. The van der Waals surface area contributed by atoms with Gasteiger partial charge in [0.05, 0.1) is 6.10 Å². The third-order valence-electron chi connectivity index (χ3n) is 10.0. The van der Waals surface area contributed by atoms with E-state index in [0.717, 1.165) is 25.0 Å². The number of allylic oxidation sites excluding steroid dienone is 13. The highest BCUT2D eigenvalue weighted by Gasteiger charge is 2.34. The first-order chi connectivity index (χ1) is 23.9. The molecule has 0 spiro atoms. The van der Waals surface area contributed by atoms with Crippen LogP contribution < -0.4 is 0 Å². The van der Waals surface area contributed by atoms with Crippen LogP contribution in [0.15, 0.2) is 102 Å². The van der Waals surface area contributed by atoms with Crippen molar-refractivity contribution in [3.63, 3.8) is 0 Å². The molecule has 1 atom stereocenters. The molecule has 0 heterocycles. The highest BCUT2D eigenvalue weighted by molar-refractivity contribution is 6.70. The van der Waals surface area contributed by atoms with Crippen LogP contribution in [0.1, 0.15) is 128 Å². The van der Waals surface area contributed by atoms with Gasteiger partial charge in [-0.2, -0.15) is 0 Å². The second-order valence-corrected chi connectivity index (χ2v) is 20.8. The molecule has 0 fully saturated rings. The van der Waals surface area contributed by atoms with E-state index in [-0.39, 0.29) is 16.9 Å². The monoisotopic (exact) mass is 706 g/mol. The average Bonchev–Trinajstić information content (AvgIpc) is 3.08. The van der Waals surface area contributed by atoms with E-state index in [1.165, 1.54) is 55.7 Å². The van der Waals surface area contributed by atoms with Crippen molar-refractivity contribution in [2.45, 2.75) is 125 Å². The molecule has 2 aliphatic rings. The van der Waals surface area contributed by atoms with E-state index in [4.69, 9.17) is 13.9 Å². The van der Waals surface area contributed by atoms with Gasteiger partial charge in [-0.05, 0) is 148 Å². The van der Waals surface area contributed by atoms with Gasteiger partial charge in [-0.3, -0.25) is 0 Å². The number of hydrogen-bond acceptors (Lipinski definition) is 3. The van der Waals surface area contributed by atoms with Gasteiger partial charge in [0.1, 0.15) is 12.6 Å². The van der Waals surface area contributed by atoms with Crippen molar-refractivity contribution in [2.24, 2.45) is 0 Å². The molecule has 0 amide bonds. The molecule has 2 aromatic rings. The van der Waals surface area contributed by atoms with Gasteiger partial charge in [0.2, 0.25) is 8.32 Å². The second-order valence-electron chi connectivity index (χ2n) is 16.4. The van der Waals surface area contributed by atoms with Gasteiger partial charge >= 0.3 is 0 Å². The molecule has 0 N–H and O–H groups in total. The zero-order valence-electron chi connectivity index (χ0n) is 34.3. The molecule has 0 aliphatic heterocycles. The number of benzene rings is 2. The van der Waals surface area contributed by atoms with Crippen molar-refractivity contribution < 1.29 is 13.9 Å². The van der Waals surface area contributed by atoms with Crippen LogP contribution >= 0.6 is 0 Å². The Morgan fingerprint density at radius 3 is 1.86 bits per heavy atom. The first-order valence-corrected chi connectivity index (χ1v) is 22.1. The van der Waals surface area contributed by atoms with Crippen molar-refractivity contribution in [3.8, 4) is 0 Å². The van der Waals surface area contributed by atoms with Crippen molar-refractivity contribution in [3.05, 3.63) is 136 Å². The van der Waals surface area contributed by atoms with Crippen LogP contribution in [0.4, 0.5) is 0 Å². The maximum Gasteiger partial charge on any atom is 0.242 e. The number of methoxy groups -OCH3 is 1. The van der Waals surface area contributed by atoms with Crippen LogP contribution in [0.3, 0.4) is 0 Å². The van der Waals surface area contributed by atoms with Crippen LogP contribution in [-0.2, 0) is 24.7 Å². The van der Waals surface area contributed by atoms with Gasteiger partial charge < -0.3 is 13.9 Å². The molecule has 2 aliphatic carbocycles. The molecular formula is C47H66O3Si. The van der Waals surface area contributed by atoms with E-state index in [9.17, 15) is 0 Å². The van der Waals surface area contributed by atoms with Crippen LogP contribution in [0.25, 0.3) is 16.9 Å². The summed E-state index contributed by atoms with van der Waals surface area (Å²) in [5.74, 6) is 1.08. The highest BCUT2D eigenvalue weighted by atomic mass is 28.4. The van der Waals surface area contributed by atoms with Gasteiger partial charge in [0.15, 0.2) is 0 Å². The standard InChI is InChI=1S/C24H34OSi.C23H32O2/c1-9-18(2)11-10-12-19(3)20-13-14-22-21(17-20)23(25-26(6,7)8)15-16-24(22,4)5;1-7-17(2)9-8-10-18(3)19-11-12-21-20(15-19)22(25-16-24-6)13-14-23(21,4)5/h9-15,17H,16H2,1-8H3;7-12,15,22H,13-14,16H2,1-6H3/b11-10+,18-9+,19-12+;9-8+,17-7+,18-10+. The molecule has 2 aromatic carbocycles. The normalized spacial score (nSPS) is 19.3. The summed E-state index contributed by atoms with van der Waals surface area (Å²) in [4.78, 5) is 0. The van der Waals surface area contributed by atoms with E-state index in [1.54, 1.807) is 7.11 Å². The molecule has 0 bridgehead atoms. The van der Waals surface area contributed by atoms with Crippen LogP contribution in [0.2, 0.25) is 19.6 Å². The van der Waals surface area contributed by atoms with Crippen LogP contribution in [0.5, 0.6) is 0 Å². The lowest BCUT2D eigenvalue weighted by molar-refractivity contribution is -0.0808. The Bertz CT molecular complexity index is 1720. The summed E-state index contributed by atoms with van der Waals surface area (Å²) < 4.78 is 17.5. The smallest absolute Gasteiger partial charge is 0.242 e. The molecule has 0 saturated heterocycles. The molecule has 0 saturated carbocycles. The number of ether oxygens (including phenoxy) is 2. The fourth-order valence-electron chi connectivity index (χ4n) is 6.45. The zero-order valence-corrected chi connectivity index (χ0v) is 35.3. The van der Waals surface area contributed by atoms with Gasteiger partial charge in [0.25, 0.3) is 0 Å². The van der Waals surface area contributed by atoms with Gasteiger partial charge in [0, 0.05) is 12.7 Å². The molecule has 276 valence electrons. The topological polar surface area (TPSA) is 27.7 Å². The second kappa shape index (κ2) is 18.4. The summed E-state index contributed by atoms with van der Waals surface area (Å²) in [6.45, 7) is 29.0. The molecule has 0 aromatic heterocycles. The number of hydrogen-bond donors (Lipinski definition) is 0. The Balaban J connectivity index is 0.000000276. The summed E-state index contributed by atoms with van der Waals surface area (Å²) in [6.07, 6.45) is 22.7. The van der Waals surface area contributed by atoms with Crippen molar-refractivity contribution in [1.82, 2.24) is 0 Å². The lowest BCUT2D eigenvalue weighted by Crippen LogP contribution is -2.28. The van der Waals surface area contributed by atoms with Crippen molar-refractivity contribution in [1.29, 1.82) is 0 Å².